The topological polar surface area (TPSA) is 193 Å². The summed E-state index contributed by atoms with van der Waals surface area (Å²) in [7, 11) is -4.38. The first-order valence-electron chi connectivity index (χ1n) is 14.3. The van der Waals surface area contributed by atoms with E-state index < -0.39 is 49.9 Å². The summed E-state index contributed by atoms with van der Waals surface area (Å²) in [6, 6.07) is 11.5. The number of nitrogens with one attached hydrogen (secondary N) is 1. The van der Waals surface area contributed by atoms with Gasteiger partial charge in [0.15, 0.2) is 17.7 Å². The number of imidazole rings is 1. The quantitative estimate of drug-likeness (QED) is 0.101. The second-order valence-electron chi connectivity index (χ2n) is 11.0. The van der Waals surface area contributed by atoms with Gasteiger partial charge in [-0.15, -0.1) is 0 Å². The van der Waals surface area contributed by atoms with Crippen molar-refractivity contribution in [3.05, 3.63) is 55.1 Å². The Morgan fingerprint density at radius 2 is 1.95 bits per heavy atom. The van der Waals surface area contributed by atoms with Crippen LogP contribution in [0.15, 0.2) is 55.1 Å². The van der Waals surface area contributed by atoms with E-state index in [1.165, 1.54) is 38.0 Å². The zero-order chi connectivity index (χ0) is 31.6. The van der Waals surface area contributed by atoms with E-state index in [0.29, 0.717) is 17.3 Å². The number of aliphatic hydroxyl groups excluding tert-OH is 1. The minimum atomic E-state index is -4.38. The molecule has 236 valence electrons. The molecule has 4 aromatic rings. The van der Waals surface area contributed by atoms with Crippen LogP contribution in [0.1, 0.15) is 46.8 Å². The fourth-order valence-corrected chi connectivity index (χ4v) is 6.80. The lowest BCUT2D eigenvalue weighted by Gasteiger charge is -2.30. The number of aliphatic hydroxyl groups is 2. The van der Waals surface area contributed by atoms with Gasteiger partial charge in [0.05, 0.1) is 19.0 Å². The SMILES string of the molecule is CCCCOC(=O)[C@H](C)NP(=O)(Oc1cccc2ccccc12)OC(C)[C@H]1O[C@@H](n2cnc3c(N)ncnc32)[C@](C)(O)[C@@H]1O. The van der Waals surface area contributed by atoms with Gasteiger partial charge in [-0.1, -0.05) is 49.7 Å². The van der Waals surface area contributed by atoms with E-state index in [9.17, 15) is 19.6 Å². The summed E-state index contributed by atoms with van der Waals surface area (Å²) < 4.78 is 39.3. The van der Waals surface area contributed by atoms with Gasteiger partial charge in [0.25, 0.3) is 0 Å². The normalized spacial score (nSPS) is 24.6. The maximum Gasteiger partial charge on any atom is 0.459 e. The number of hydrogen-bond donors (Lipinski definition) is 4. The molecule has 0 saturated carbocycles. The number of nitrogens with two attached hydrogens (primary N) is 1. The number of fused-ring (bicyclic) bond motifs is 2. The van der Waals surface area contributed by atoms with Crippen LogP contribution in [0.3, 0.4) is 0 Å². The molecule has 0 spiro atoms. The van der Waals surface area contributed by atoms with Gasteiger partial charge in [-0.2, -0.15) is 5.09 Å². The van der Waals surface area contributed by atoms with Crippen LogP contribution in [-0.2, 0) is 23.4 Å². The van der Waals surface area contributed by atoms with Crippen molar-refractivity contribution in [2.75, 3.05) is 12.3 Å². The average Bonchev–Trinajstić information content (AvgIpc) is 3.51. The van der Waals surface area contributed by atoms with Gasteiger partial charge in [-0.3, -0.25) is 13.9 Å². The number of benzene rings is 2. The van der Waals surface area contributed by atoms with Crippen LogP contribution >= 0.6 is 7.75 Å². The molecule has 14 nitrogen and oxygen atoms in total. The average molecular weight is 629 g/mol. The first-order valence-corrected chi connectivity index (χ1v) is 15.9. The molecule has 15 heteroatoms. The molecule has 1 aliphatic heterocycles. The van der Waals surface area contributed by atoms with E-state index in [0.717, 1.165) is 11.8 Å². The van der Waals surface area contributed by atoms with Crippen molar-refractivity contribution < 1.29 is 38.1 Å². The number of ether oxygens (including phenoxy) is 2. The van der Waals surface area contributed by atoms with E-state index in [4.69, 9.17) is 24.3 Å². The van der Waals surface area contributed by atoms with Crippen molar-refractivity contribution >= 4 is 41.5 Å². The summed E-state index contributed by atoms with van der Waals surface area (Å²) in [4.78, 5) is 25.0. The van der Waals surface area contributed by atoms with E-state index in [1.807, 2.05) is 31.2 Å². The molecule has 0 bridgehead atoms. The zero-order valence-corrected chi connectivity index (χ0v) is 25.8. The van der Waals surface area contributed by atoms with Crippen molar-refractivity contribution in [1.82, 2.24) is 24.6 Å². The largest absolute Gasteiger partial charge is 0.465 e. The number of nitrogen functional groups attached to an aromatic ring is 1. The number of nitrogens with zero attached hydrogens (tertiary/aromatic N) is 4. The highest BCUT2D eigenvalue weighted by Crippen LogP contribution is 2.50. The lowest BCUT2D eigenvalue weighted by molar-refractivity contribution is -0.145. The number of aromatic nitrogens is 4. The third-order valence-corrected chi connectivity index (χ3v) is 9.27. The summed E-state index contributed by atoms with van der Waals surface area (Å²) in [6.07, 6.45) is -0.885. The number of unbranched alkanes of at least 4 members (excludes halogenated alkanes) is 1. The Balaban J connectivity index is 1.42. The number of rotatable bonds is 12. The third-order valence-electron chi connectivity index (χ3n) is 7.52. The van der Waals surface area contributed by atoms with Crippen LogP contribution < -0.4 is 15.3 Å². The molecule has 0 aliphatic carbocycles. The molecule has 1 aliphatic rings. The number of hydrogen-bond acceptors (Lipinski definition) is 12. The summed E-state index contributed by atoms with van der Waals surface area (Å²) in [6.45, 7) is 6.58. The molecule has 3 heterocycles. The molecule has 2 aromatic heterocycles. The molecule has 0 radical (unpaired) electrons. The molecule has 5 rings (SSSR count). The van der Waals surface area contributed by atoms with E-state index in [1.54, 1.807) is 18.2 Å². The summed E-state index contributed by atoms with van der Waals surface area (Å²) in [5, 5.41) is 26.8. The fourth-order valence-electron chi connectivity index (χ4n) is 5.09. The lowest BCUT2D eigenvalue weighted by atomic mass is 9.94. The van der Waals surface area contributed by atoms with Crippen molar-refractivity contribution in [3.63, 3.8) is 0 Å². The number of carbonyl (C=O) groups excluding carboxylic acids is 1. The highest BCUT2D eigenvalue weighted by atomic mass is 31.2. The monoisotopic (exact) mass is 628 g/mol. The summed E-state index contributed by atoms with van der Waals surface area (Å²) in [5.74, 6) is -0.248. The highest BCUT2D eigenvalue weighted by molar-refractivity contribution is 7.52. The maximum atomic E-state index is 14.4. The molecule has 44 heavy (non-hydrogen) atoms. The van der Waals surface area contributed by atoms with Crippen molar-refractivity contribution in [3.8, 4) is 5.75 Å². The Kier molecular flexibility index (Phi) is 9.21. The second-order valence-corrected chi connectivity index (χ2v) is 12.6. The van der Waals surface area contributed by atoms with Crippen LogP contribution in [0.25, 0.3) is 21.9 Å². The molecule has 7 atom stereocenters. The molecule has 1 saturated heterocycles. The highest BCUT2D eigenvalue weighted by Gasteiger charge is 2.56. The predicted molar refractivity (Wildman–Crippen MR) is 161 cm³/mol. The van der Waals surface area contributed by atoms with Crippen LogP contribution in [0.5, 0.6) is 5.75 Å². The molecule has 1 fully saturated rings. The van der Waals surface area contributed by atoms with Gasteiger partial charge in [-0.25, -0.2) is 19.5 Å². The van der Waals surface area contributed by atoms with Gasteiger partial charge in [-0.05, 0) is 38.6 Å². The third kappa shape index (κ3) is 6.27. The van der Waals surface area contributed by atoms with Gasteiger partial charge >= 0.3 is 13.7 Å². The fraction of sp³-hybridized carbons (Fsp3) is 0.448. The zero-order valence-electron chi connectivity index (χ0n) is 24.9. The Labute approximate surface area is 254 Å². The van der Waals surface area contributed by atoms with Crippen molar-refractivity contribution in [2.45, 2.75) is 76.7 Å². The van der Waals surface area contributed by atoms with Crippen molar-refractivity contribution in [1.29, 1.82) is 0 Å². The van der Waals surface area contributed by atoms with E-state index >= 15 is 0 Å². The molecular weight excluding hydrogens is 591 g/mol. The first kappa shape index (κ1) is 31.8. The van der Waals surface area contributed by atoms with Crippen LogP contribution in [0, 0.1) is 0 Å². The summed E-state index contributed by atoms with van der Waals surface area (Å²) >= 11 is 0. The number of anilines is 1. The van der Waals surface area contributed by atoms with Gasteiger partial charge in [0.1, 0.15) is 41.4 Å². The number of carbonyl (C=O) groups is 1. The van der Waals surface area contributed by atoms with Gasteiger partial charge in [0.2, 0.25) is 0 Å². The lowest BCUT2D eigenvalue weighted by Crippen LogP contribution is -2.46. The Hall–Kier alpha value is -3.65. The van der Waals surface area contributed by atoms with E-state index in [-0.39, 0.29) is 23.8 Å². The predicted octanol–water partition coefficient (Wildman–Crippen LogP) is 3.48. The maximum absolute atomic E-state index is 14.4. The number of esters is 1. The Morgan fingerprint density at radius 3 is 2.73 bits per heavy atom. The van der Waals surface area contributed by atoms with E-state index in [2.05, 4.69) is 20.0 Å². The minimum absolute atomic E-state index is 0.139. The Bertz CT molecular complexity index is 1680. The molecule has 2 aromatic carbocycles. The minimum Gasteiger partial charge on any atom is -0.465 e. The molecule has 2 unspecified atom stereocenters. The molecular formula is C29H37N6O8P. The van der Waals surface area contributed by atoms with Crippen LogP contribution in [0.4, 0.5) is 5.82 Å². The standard InChI is InChI=1S/C29H37N6O8P/c1-5-6-14-40-27(37)17(2)34-44(39,43-21-13-9-11-19-10-7-8-12-20(19)21)42-18(3)23-24(36)29(4,38)28(41-23)35-16-33-22-25(30)31-15-32-26(22)35/h7-13,15-18,23-24,28,36,38H,5-6,14H2,1-4H3,(H,34,39)(H2,30,31,32)/t17-,18?,23+,24+,28+,29+,44?/m0/s1. The molecule has 5 N–H and O–H groups in total. The smallest absolute Gasteiger partial charge is 0.459 e. The van der Waals surface area contributed by atoms with Crippen LogP contribution in [0.2, 0.25) is 0 Å². The Morgan fingerprint density at radius 1 is 1.20 bits per heavy atom. The van der Waals surface area contributed by atoms with Crippen LogP contribution in [-0.4, -0.2) is 72.3 Å². The van der Waals surface area contributed by atoms with Gasteiger partial charge < -0.3 is 29.9 Å². The van der Waals surface area contributed by atoms with Crippen molar-refractivity contribution in [2.24, 2.45) is 0 Å². The first-order chi connectivity index (χ1) is 20.9. The molecule has 0 amide bonds. The summed E-state index contributed by atoms with van der Waals surface area (Å²) in [5.41, 5.74) is 4.64. The van der Waals surface area contributed by atoms with Gasteiger partial charge in [0, 0.05) is 5.39 Å². The second kappa shape index (κ2) is 12.8.